The van der Waals surface area contributed by atoms with Crippen molar-refractivity contribution in [3.63, 3.8) is 0 Å². The highest BCUT2D eigenvalue weighted by atomic mass is 32.2. The lowest BCUT2D eigenvalue weighted by molar-refractivity contribution is 0.446. The van der Waals surface area contributed by atoms with Crippen molar-refractivity contribution in [2.45, 2.75) is 42.9 Å². The summed E-state index contributed by atoms with van der Waals surface area (Å²) >= 11 is 0. The van der Waals surface area contributed by atoms with Crippen molar-refractivity contribution in [1.82, 2.24) is 0 Å². The summed E-state index contributed by atoms with van der Waals surface area (Å²) in [6.07, 6.45) is 5.95. The van der Waals surface area contributed by atoms with Gasteiger partial charge in [-0.25, -0.2) is 0 Å². The molecule has 0 unspecified atom stereocenters. The molecule has 1 fully saturated rings. The molecular weight excluding hydrogens is 286 g/mol. The zero-order chi connectivity index (χ0) is 15.0. The van der Waals surface area contributed by atoms with Crippen LogP contribution in [0.2, 0.25) is 0 Å². The lowest BCUT2D eigenvalue weighted by atomic mass is 9.81. The molecule has 2 aromatic rings. The molecule has 0 heterocycles. The minimum absolute atomic E-state index is 0.0747. The van der Waals surface area contributed by atoms with E-state index in [-0.39, 0.29) is 4.90 Å². The standard InChI is InChI=1S/C16H19NO3S/c17-15-9-6-12-10-13(21(18,19)20)7-8-14(12)16(15)11-4-2-1-3-5-11/h6-11H,1-5,17H2,(H,18,19,20). The quantitative estimate of drug-likeness (QED) is 0.654. The van der Waals surface area contributed by atoms with E-state index < -0.39 is 10.1 Å². The Morgan fingerprint density at radius 1 is 1.05 bits per heavy atom. The van der Waals surface area contributed by atoms with Crippen LogP contribution >= 0.6 is 0 Å². The van der Waals surface area contributed by atoms with Crippen molar-refractivity contribution in [2.75, 3.05) is 5.73 Å². The molecule has 1 saturated carbocycles. The van der Waals surface area contributed by atoms with Crippen molar-refractivity contribution < 1.29 is 13.0 Å². The molecule has 112 valence electrons. The number of benzene rings is 2. The van der Waals surface area contributed by atoms with Gasteiger partial charge < -0.3 is 5.73 Å². The van der Waals surface area contributed by atoms with Gasteiger partial charge in [0.2, 0.25) is 0 Å². The van der Waals surface area contributed by atoms with Crippen LogP contribution in [0.1, 0.15) is 43.6 Å². The van der Waals surface area contributed by atoms with E-state index in [1.54, 1.807) is 6.07 Å². The number of hydrogen-bond donors (Lipinski definition) is 2. The van der Waals surface area contributed by atoms with Crippen molar-refractivity contribution in [1.29, 1.82) is 0 Å². The Kier molecular flexibility index (Phi) is 3.63. The molecule has 1 aliphatic rings. The van der Waals surface area contributed by atoms with Gasteiger partial charge in [0, 0.05) is 5.69 Å². The van der Waals surface area contributed by atoms with Crippen LogP contribution in [-0.4, -0.2) is 13.0 Å². The van der Waals surface area contributed by atoms with Crippen LogP contribution in [-0.2, 0) is 10.1 Å². The molecule has 0 saturated heterocycles. The van der Waals surface area contributed by atoms with E-state index in [1.807, 2.05) is 12.1 Å². The lowest BCUT2D eigenvalue weighted by Gasteiger charge is -2.25. The molecule has 2 aromatic carbocycles. The first-order valence-electron chi connectivity index (χ1n) is 7.26. The topological polar surface area (TPSA) is 80.4 Å². The normalized spacial score (nSPS) is 17.2. The molecule has 0 aliphatic heterocycles. The number of nitrogens with two attached hydrogens (primary N) is 1. The third-order valence-corrected chi connectivity index (χ3v) is 5.23. The first-order chi connectivity index (χ1) is 9.97. The van der Waals surface area contributed by atoms with Gasteiger partial charge in [-0.05, 0) is 53.3 Å². The van der Waals surface area contributed by atoms with E-state index in [0.29, 0.717) is 5.92 Å². The maximum absolute atomic E-state index is 11.3. The van der Waals surface area contributed by atoms with Crippen molar-refractivity contribution in [2.24, 2.45) is 0 Å². The third-order valence-electron chi connectivity index (χ3n) is 4.38. The summed E-state index contributed by atoms with van der Waals surface area (Å²) in [5.41, 5.74) is 8.08. The van der Waals surface area contributed by atoms with E-state index in [1.165, 1.54) is 31.4 Å². The Labute approximate surface area is 124 Å². The number of hydrogen-bond acceptors (Lipinski definition) is 3. The molecule has 21 heavy (non-hydrogen) atoms. The van der Waals surface area contributed by atoms with E-state index in [2.05, 4.69) is 0 Å². The summed E-state index contributed by atoms with van der Waals surface area (Å²) < 4.78 is 31.7. The predicted octanol–water partition coefficient (Wildman–Crippen LogP) is 3.72. The monoisotopic (exact) mass is 305 g/mol. The highest BCUT2D eigenvalue weighted by Crippen LogP contribution is 2.39. The van der Waals surface area contributed by atoms with Crippen LogP contribution in [0.4, 0.5) is 5.69 Å². The fourth-order valence-electron chi connectivity index (χ4n) is 3.36. The third kappa shape index (κ3) is 2.76. The fraction of sp³-hybridized carbons (Fsp3) is 0.375. The van der Waals surface area contributed by atoms with Gasteiger partial charge in [0.25, 0.3) is 10.1 Å². The molecule has 0 atom stereocenters. The van der Waals surface area contributed by atoms with Crippen LogP contribution in [0.3, 0.4) is 0 Å². The van der Waals surface area contributed by atoms with E-state index in [0.717, 1.165) is 34.9 Å². The summed E-state index contributed by atoms with van der Waals surface area (Å²) in [6.45, 7) is 0. The number of fused-ring (bicyclic) bond motifs is 1. The maximum Gasteiger partial charge on any atom is 0.294 e. The highest BCUT2D eigenvalue weighted by Gasteiger charge is 2.21. The van der Waals surface area contributed by atoms with Gasteiger partial charge in [-0.15, -0.1) is 0 Å². The smallest absolute Gasteiger partial charge is 0.294 e. The second kappa shape index (κ2) is 5.31. The Balaban J connectivity index is 2.17. The Bertz CT molecular complexity index is 777. The molecule has 0 spiro atoms. The van der Waals surface area contributed by atoms with Crippen molar-refractivity contribution in [3.8, 4) is 0 Å². The van der Waals surface area contributed by atoms with Gasteiger partial charge in [-0.3, -0.25) is 4.55 Å². The van der Waals surface area contributed by atoms with Crippen LogP contribution in [0, 0.1) is 0 Å². The predicted molar refractivity (Wildman–Crippen MR) is 84.0 cm³/mol. The summed E-state index contributed by atoms with van der Waals surface area (Å²) in [5.74, 6) is 0.444. The van der Waals surface area contributed by atoms with Crippen LogP contribution in [0.15, 0.2) is 35.2 Å². The van der Waals surface area contributed by atoms with Gasteiger partial charge in [0.15, 0.2) is 0 Å². The van der Waals surface area contributed by atoms with Crippen molar-refractivity contribution in [3.05, 3.63) is 35.9 Å². The molecule has 3 rings (SSSR count). The zero-order valence-corrected chi connectivity index (χ0v) is 12.6. The molecule has 0 amide bonds. The van der Waals surface area contributed by atoms with E-state index in [9.17, 15) is 8.42 Å². The second-order valence-electron chi connectivity index (χ2n) is 5.76. The summed E-state index contributed by atoms with van der Waals surface area (Å²) in [6, 6.07) is 8.37. The molecule has 5 heteroatoms. The molecular formula is C16H19NO3S. The van der Waals surface area contributed by atoms with Gasteiger partial charge in [-0.1, -0.05) is 31.4 Å². The fourth-order valence-corrected chi connectivity index (χ4v) is 3.87. The van der Waals surface area contributed by atoms with Gasteiger partial charge in [0.1, 0.15) is 0 Å². The Morgan fingerprint density at radius 2 is 1.76 bits per heavy atom. The number of rotatable bonds is 2. The minimum Gasteiger partial charge on any atom is -0.398 e. The molecule has 0 radical (unpaired) electrons. The van der Waals surface area contributed by atoms with Crippen LogP contribution in [0.25, 0.3) is 10.8 Å². The molecule has 1 aliphatic carbocycles. The summed E-state index contributed by atoms with van der Waals surface area (Å²) in [7, 11) is -4.17. The largest absolute Gasteiger partial charge is 0.398 e. The Morgan fingerprint density at radius 3 is 2.43 bits per heavy atom. The van der Waals surface area contributed by atoms with Gasteiger partial charge in [-0.2, -0.15) is 8.42 Å². The second-order valence-corrected chi connectivity index (χ2v) is 7.18. The minimum atomic E-state index is -4.17. The van der Waals surface area contributed by atoms with Gasteiger partial charge >= 0.3 is 0 Å². The average Bonchev–Trinajstić information content (AvgIpc) is 2.46. The number of anilines is 1. The molecule has 0 bridgehead atoms. The molecule has 0 aromatic heterocycles. The molecule has 3 N–H and O–H groups in total. The van der Waals surface area contributed by atoms with E-state index in [4.69, 9.17) is 10.3 Å². The first kappa shape index (κ1) is 14.4. The van der Waals surface area contributed by atoms with Crippen LogP contribution in [0.5, 0.6) is 0 Å². The lowest BCUT2D eigenvalue weighted by Crippen LogP contribution is -2.08. The number of nitrogen functional groups attached to an aromatic ring is 1. The SMILES string of the molecule is Nc1ccc2cc(S(=O)(=O)O)ccc2c1C1CCCCC1. The Hall–Kier alpha value is -1.59. The summed E-state index contributed by atoms with van der Waals surface area (Å²) in [5, 5.41) is 1.80. The zero-order valence-electron chi connectivity index (χ0n) is 11.7. The van der Waals surface area contributed by atoms with Crippen molar-refractivity contribution >= 4 is 26.6 Å². The first-order valence-corrected chi connectivity index (χ1v) is 8.70. The maximum atomic E-state index is 11.3. The summed E-state index contributed by atoms with van der Waals surface area (Å²) in [4.78, 5) is -0.0747. The van der Waals surface area contributed by atoms with Crippen LogP contribution < -0.4 is 5.73 Å². The highest BCUT2D eigenvalue weighted by molar-refractivity contribution is 7.85. The molecule has 4 nitrogen and oxygen atoms in total. The van der Waals surface area contributed by atoms with E-state index >= 15 is 0 Å². The van der Waals surface area contributed by atoms with Gasteiger partial charge in [0.05, 0.1) is 4.90 Å². The average molecular weight is 305 g/mol.